The van der Waals surface area contributed by atoms with E-state index in [4.69, 9.17) is 0 Å². The van der Waals surface area contributed by atoms with Crippen LogP contribution in [0, 0.1) is 5.82 Å². The Labute approximate surface area is 195 Å². The lowest BCUT2D eigenvalue weighted by molar-refractivity contribution is -0.142. The molecule has 0 N–H and O–H groups in total. The molecule has 1 aromatic heterocycles. The van der Waals surface area contributed by atoms with E-state index >= 15 is 0 Å². The van der Waals surface area contributed by atoms with Gasteiger partial charge in [-0.1, -0.05) is 49.4 Å². The van der Waals surface area contributed by atoms with Gasteiger partial charge in [0.05, 0.1) is 13.1 Å². The van der Waals surface area contributed by atoms with Crippen LogP contribution in [0.2, 0.25) is 0 Å². The normalized spacial score (nSPS) is 10.9. The van der Waals surface area contributed by atoms with Crippen LogP contribution in [0.1, 0.15) is 44.0 Å². The third-order valence-electron chi connectivity index (χ3n) is 5.66. The highest BCUT2D eigenvalue weighted by atomic mass is 19.1. The van der Waals surface area contributed by atoms with Gasteiger partial charge in [-0.25, -0.2) is 4.39 Å². The molecule has 0 aliphatic rings. The van der Waals surface area contributed by atoms with Gasteiger partial charge in [0.15, 0.2) is 0 Å². The summed E-state index contributed by atoms with van der Waals surface area (Å²) in [4.78, 5) is 29.2. The number of amides is 2. The molecular weight excluding hydrogens is 417 g/mol. The molecule has 0 aliphatic carbocycles. The smallest absolute Gasteiger partial charge is 0.242 e. The highest BCUT2D eigenvalue weighted by molar-refractivity contribution is 5.85. The second-order valence-electron chi connectivity index (χ2n) is 8.46. The Kier molecular flexibility index (Phi) is 8.41. The molecule has 33 heavy (non-hydrogen) atoms. The van der Waals surface area contributed by atoms with Gasteiger partial charge in [-0.2, -0.15) is 0 Å². The first-order valence-electron chi connectivity index (χ1n) is 11.4. The summed E-state index contributed by atoms with van der Waals surface area (Å²) in [5.74, 6) is -0.385. The molecule has 1 heterocycles. The lowest BCUT2D eigenvalue weighted by Gasteiger charge is -2.30. The van der Waals surface area contributed by atoms with E-state index in [9.17, 15) is 14.0 Å². The van der Waals surface area contributed by atoms with Gasteiger partial charge in [-0.05, 0) is 49.2 Å². The summed E-state index contributed by atoms with van der Waals surface area (Å²) in [7, 11) is 0. The van der Waals surface area contributed by atoms with Gasteiger partial charge in [-0.3, -0.25) is 9.59 Å². The molecule has 0 bridgehead atoms. The Hall–Kier alpha value is -3.41. The molecule has 2 amide bonds. The molecule has 3 rings (SSSR count). The van der Waals surface area contributed by atoms with Crippen molar-refractivity contribution in [2.45, 2.75) is 52.9 Å². The predicted molar refractivity (Wildman–Crippen MR) is 128 cm³/mol. The zero-order valence-electron chi connectivity index (χ0n) is 19.6. The fourth-order valence-electron chi connectivity index (χ4n) is 3.77. The maximum atomic E-state index is 13.4. The lowest BCUT2D eigenvalue weighted by Crippen LogP contribution is -2.45. The number of benzene rings is 2. The summed E-state index contributed by atoms with van der Waals surface area (Å²) in [5.41, 5.74) is 2.98. The SMILES string of the molecule is CCC(=O)N(CC(=O)N(Cc1ccccc1)Cc1cccn1Cc1ccc(F)cc1)C(C)C. The minimum absolute atomic E-state index is 0.0299. The number of hydrogen-bond acceptors (Lipinski definition) is 2. The second-order valence-corrected chi connectivity index (χ2v) is 8.46. The molecule has 0 saturated heterocycles. The number of rotatable bonds is 10. The van der Waals surface area contributed by atoms with E-state index < -0.39 is 0 Å². The van der Waals surface area contributed by atoms with E-state index in [1.807, 2.05) is 69.4 Å². The molecule has 6 heteroatoms. The highest BCUT2D eigenvalue weighted by Gasteiger charge is 2.23. The third-order valence-corrected chi connectivity index (χ3v) is 5.66. The van der Waals surface area contributed by atoms with Crippen molar-refractivity contribution in [3.63, 3.8) is 0 Å². The van der Waals surface area contributed by atoms with Gasteiger partial charge in [0, 0.05) is 37.4 Å². The summed E-state index contributed by atoms with van der Waals surface area (Å²) < 4.78 is 15.3. The van der Waals surface area contributed by atoms with Crippen LogP contribution in [0.15, 0.2) is 72.9 Å². The average molecular weight is 450 g/mol. The van der Waals surface area contributed by atoms with E-state index in [1.165, 1.54) is 12.1 Å². The molecule has 0 aliphatic heterocycles. The Bertz CT molecular complexity index is 1040. The van der Waals surface area contributed by atoms with Gasteiger partial charge in [0.25, 0.3) is 0 Å². The largest absolute Gasteiger partial charge is 0.345 e. The first-order chi connectivity index (χ1) is 15.9. The summed E-state index contributed by atoms with van der Waals surface area (Å²) in [6, 6.07) is 20.2. The predicted octanol–water partition coefficient (Wildman–Crippen LogP) is 4.85. The minimum Gasteiger partial charge on any atom is -0.345 e. The van der Waals surface area contributed by atoms with Crippen LogP contribution in [0.25, 0.3) is 0 Å². The van der Waals surface area contributed by atoms with Crippen molar-refractivity contribution in [3.05, 3.63) is 95.6 Å². The molecule has 174 valence electrons. The number of halogens is 1. The summed E-state index contributed by atoms with van der Waals surface area (Å²) in [5, 5.41) is 0. The van der Waals surface area contributed by atoms with Crippen LogP contribution >= 0.6 is 0 Å². The molecular formula is C27H32FN3O2. The molecule has 0 spiro atoms. The maximum absolute atomic E-state index is 13.4. The van der Waals surface area contributed by atoms with Gasteiger partial charge < -0.3 is 14.4 Å². The second kappa shape index (κ2) is 11.5. The summed E-state index contributed by atoms with van der Waals surface area (Å²) in [6.45, 7) is 7.17. The van der Waals surface area contributed by atoms with E-state index in [0.717, 1.165) is 16.8 Å². The highest BCUT2D eigenvalue weighted by Crippen LogP contribution is 2.15. The summed E-state index contributed by atoms with van der Waals surface area (Å²) in [6.07, 6.45) is 2.33. The van der Waals surface area contributed by atoms with Gasteiger partial charge in [-0.15, -0.1) is 0 Å². The quantitative estimate of drug-likeness (QED) is 0.444. The van der Waals surface area contributed by atoms with Crippen molar-refractivity contribution < 1.29 is 14.0 Å². The summed E-state index contributed by atoms with van der Waals surface area (Å²) >= 11 is 0. The van der Waals surface area contributed by atoms with Gasteiger partial charge in [0.1, 0.15) is 5.82 Å². The third kappa shape index (κ3) is 6.78. The van der Waals surface area contributed by atoms with Crippen molar-refractivity contribution in [3.8, 4) is 0 Å². The fourth-order valence-corrected chi connectivity index (χ4v) is 3.77. The number of aromatic nitrogens is 1. The van der Waals surface area contributed by atoms with Crippen molar-refractivity contribution in [1.82, 2.24) is 14.4 Å². The number of hydrogen-bond donors (Lipinski definition) is 0. The minimum atomic E-state index is -0.262. The van der Waals surface area contributed by atoms with E-state index in [-0.39, 0.29) is 30.2 Å². The molecule has 5 nitrogen and oxygen atoms in total. The number of carbonyl (C=O) groups is 2. The number of nitrogens with zero attached hydrogens (tertiary/aromatic N) is 3. The maximum Gasteiger partial charge on any atom is 0.242 e. The topological polar surface area (TPSA) is 45.6 Å². The molecule has 2 aromatic carbocycles. The lowest BCUT2D eigenvalue weighted by atomic mass is 10.2. The molecule has 0 fully saturated rings. The van der Waals surface area contributed by atoms with E-state index in [2.05, 4.69) is 4.57 Å². The number of carbonyl (C=O) groups excluding carboxylic acids is 2. The van der Waals surface area contributed by atoms with Crippen molar-refractivity contribution in [2.75, 3.05) is 6.54 Å². The van der Waals surface area contributed by atoms with Crippen molar-refractivity contribution in [2.24, 2.45) is 0 Å². The van der Waals surface area contributed by atoms with Crippen molar-refractivity contribution >= 4 is 11.8 Å². The Morgan fingerprint density at radius 2 is 1.58 bits per heavy atom. The first-order valence-corrected chi connectivity index (χ1v) is 11.4. The van der Waals surface area contributed by atoms with E-state index in [0.29, 0.717) is 26.1 Å². The molecule has 0 radical (unpaired) electrons. The Balaban J connectivity index is 1.81. The standard InChI is InChI=1S/C27H32FN3O2/c1-4-26(32)31(21(2)3)20-27(33)30(18-22-9-6-5-7-10-22)19-25-11-8-16-29(25)17-23-12-14-24(28)15-13-23/h5-16,21H,4,17-20H2,1-3H3. The molecule has 0 saturated carbocycles. The van der Waals surface area contributed by atoms with Crippen LogP contribution in [0.5, 0.6) is 0 Å². The monoisotopic (exact) mass is 449 g/mol. The van der Waals surface area contributed by atoms with Crippen molar-refractivity contribution in [1.29, 1.82) is 0 Å². The van der Waals surface area contributed by atoms with Crippen LogP contribution in [0.3, 0.4) is 0 Å². The first kappa shape index (κ1) is 24.2. The van der Waals surface area contributed by atoms with Gasteiger partial charge in [0.2, 0.25) is 11.8 Å². The van der Waals surface area contributed by atoms with Crippen LogP contribution < -0.4 is 0 Å². The average Bonchev–Trinajstić information content (AvgIpc) is 3.24. The van der Waals surface area contributed by atoms with E-state index in [1.54, 1.807) is 21.9 Å². The van der Waals surface area contributed by atoms with Gasteiger partial charge >= 0.3 is 0 Å². The Morgan fingerprint density at radius 3 is 2.21 bits per heavy atom. The van der Waals surface area contributed by atoms with Crippen LogP contribution in [-0.4, -0.2) is 38.8 Å². The van der Waals surface area contributed by atoms with Crippen LogP contribution in [-0.2, 0) is 29.2 Å². The molecule has 0 atom stereocenters. The van der Waals surface area contributed by atoms with Crippen LogP contribution in [0.4, 0.5) is 4.39 Å². The Morgan fingerprint density at radius 1 is 0.879 bits per heavy atom. The fraction of sp³-hybridized carbons (Fsp3) is 0.333. The molecule has 3 aromatic rings. The zero-order valence-corrected chi connectivity index (χ0v) is 19.6. The zero-order chi connectivity index (χ0) is 23.8. The molecule has 0 unspecified atom stereocenters.